The zero-order valence-electron chi connectivity index (χ0n) is 24.5. The minimum atomic E-state index is -1.18. The van der Waals surface area contributed by atoms with Crippen molar-refractivity contribution in [1.82, 2.24) is 15.8 Å². The van der Waals surface area contributed by atoms with Gasteiger partial charge in [-0.1, -0.05) is 12.1 Å². The number of urea groups is 1. The van der Waals surface area contributed by atoms with Crippen LogP contribution in [0.4, 0.5) is 16.2 Å². The lowest BCUT2D eigenvalue weighted by molar-refractivity contribution is -0.133. The first-order valence-corrected chi connectivity index (χ1v) is 14.1. The number of carboxylic acid groups (broad SMARTS) is 2. The van der Waals surface area contributed by atoms with Crippen LogP contribution in [-0.2, 0) is 14.4 Å². The third-order valence-electron chi connectivity index (χ3n) is 7.92. The molecule has 12 nitrogen and oxygen atoms in total. The van der Waals surface area contributed by atoms with E-state index in [-0.39, 0.29) is 29.9 Å². The Bertz CT molecular complexity index is 1410. The number of carbonyl (C=O) groups is 4. The largest absolute Gasteiger partial charge is 0.497 e. The van der Waals surface area contributed by atoms with Crippen molar-refractivity contribution in [2.24, 2.45) is 0 Å². The van der Waals surface area contributed by atoms with Gasteiger partial charge in [-0.2, -0.15) is 0 Å². The summed E-state index contributed by atoms with van der Waals surface area (Å²) >= 11 is 0. The van der Waals surface area contributed by atoms with Crippen molar-refractivity contribution in [3.8, 4) is 5.75 Å². The Morgan fingerprint density at radius 2 is 1.53 bits per heavy atom. The van der Waals surface area contributed by atoms with Gasteiger partial charge in [0.2, 0.25) is 5.91 Å². The average molecular weight is 592 g/mol. The number of likely N-dealkylation sites (tertiary alicyclic amines) is 1. The van der Waals surface area contributed by atoms with Crippen molar-refractivity contribution in [3.63, 3.8) is 0 Å². The number of benzene rings is 2. The van der Waals surface area contributed by atoms with E-state index < -0.39 is 18.0 Å². The third-order valence-corrected chi connectivity index (χ3v) is 7.92. The monoisotopic (exact) mass is 591 g/mol. The van der Waals surface area contributed by atoms with Crippen LogP contribution in [0.25, 0.3) is 0 Å². The second kappa shape index (κ2) is 13.9. The van der Waals surface area contributed by atoms with Crippen LogP contribution in [0.2, 0.25) is 0 Å². The summed E-state index contributed by atoms with van der Waals surface area (Å²) in [5, 5.41) is 21.8. The van der Waals surface area contributed by atoms with E-state index in [2.05, 4.69) is 33.2 Å². The van der Waals surface area contributed by atoms with Crippen molar-refractivity contribution >= 4 is 35.3 Å². The number of methoxy groups -OCH3 is 1. The zero-order chi connectivity index (χ0) is 31.1. The molecular weight excluding hydrogens is 554 g/mol. The Morgan fingerprint density at radius 1 is 0.907 bits per heavy atom. The molecule has 0 spiro atoms. The lowest BCUT2D eigenvalue weighted by Crippen LogP contribution is -2.45. The standard InChI is InChI=1S/C31H37N5O7/c1-19-26(29(38)39)18-27(30(40)41)20(2)36(19)24-9-7-23(8-10-24)32-31(42)34-33-28(37)13-16-35-14-11-21(12-15-35)22-5-4-6-25(17-22)43-3/h4-10,17,21H,11-16,18H2,1-3H3,(H,33,37)(H,38,39)(H,40,41)(H2,32,34,42). The number of carboxylic acids is 2. The van der Waals surface area contributed by atoms with Gasteiger partial charge in [-0.05, 0) is 87.7 Å². The molecule has 0 unspecified atom stereocenters. The smallest absolute Gasteiger partial charge is 0.337 e. The molecule has 0 saturated carbocycles. The predicted octanol–water partition coefficient (Wildman–Crippen LogP) is 4.04. The molecule has 2 heterocycles. The van der Waals surface area contributed by atoms with Gasteiger partial charge < -0.3 is 30.1 Å². The van der Waals surface area contributed by atoms with Crippen molar-refractivity contribution in [2.75, 3.05) is 37.0 Å². The number of carbonyl (C=O) groups excluding carboxylic acids is 2. The molecule has 2 aliphatic rings. The highest BCUT2D eigenvalue weighted by molar-refractivity contribution is 5.97. The number of hydrogen-bond acceptors (Lipinski definition) is 7. The first-order valence-electron chi connectivity index (χ1n) is 14.1. The van der Waals surface area contributed by atoms with Crippen LogP contribution in [0.15, 0.2) is 71.1 Å². The van der Waals surface area contributed by atoms with E-state index in [0.29, 0.717) is 35.2 Å². The molecular formula is C31H37N5O7. The molecule has 228 valence electrons. The first-order chi connectivity index (χ1) is 20.6. The van der Waals surface area contributed by atoms with Crippen LogP contribution in [-0.4, -0.2) is 65.7 Å². The molecule has 0 atom stereocenters. The Hall–Kier alpha value is -4.84. The summed E-state index contributed by atoms with van der Waals surface area (Å²) in [4.78, 5) is 51.9. The number of nitrogens with one attached hydrogen (secondary N) is 3. The minimum absolute atomic E-state index is 0.00182. The van der Waals surface area contributed by atoms with E-state index in [1.807, 2.05) is 12.1 Å². The quantitative estimate of drug-likeness (QED) is 0.271. The topological polar surface area (TPSA) is 161 Å². The van der Waals surface area contributed by atoms with Gasteiger partial charge in [-0.25, -0.2) is 19.8 Å². The number of ether oxygens (including phenoxy) is 1. The summed E-state index contributed by atoms with van der Waals surface area (Å²) in [5.41, 5.74) is 7.83. The number of hydrogen-bond donors (Lipinski definition) is 5. The van der Waals surface area contributed by atoms with Crippen molar-refractivity contribution in [1.29, 1.82) is 0 Å². The van der Waals surface area contributed by atoms with Crippen molar-refractivity contribution in [3.05, 3.63) is 76.6 Å². The fraction of sp³-hybridized carbons (Fsp3) is 0.355. The summed E-state index contributed by atoms with van der Waals surface area (Å²) in [7, 11) is 1.66. The molecule has 5 N–H and O–H groups in total. The number of piperidine rings is 1. The van der Waals surface area contributed by atoms with E-state index in [4.69, 9.17) is 4.74 Å². The number of hydrazine groups is 1. The SMILES string of the molecule is COc1cccc(C2CCN(CCC(=O)NNC(=O)Nc3ccc(N4C(C)=C(C(=O)O)CC(C(=O)O)=C4C)cc3)CC2)c1. The molecule has 1 saturated heterocycles. The molecule has 0 radical (unpaired) electrons. The van der Waals surface area contributed by atoms with Gasteiger partial charge in [0.15, 0.2) is 0 Å². The summed E-state index contributed by atoms with van der Waals surface area (Å²) in [6.07, 6.45) is 2.07. The number of amides is 3. The normalized spacial score (nSPS) is 16.1. The van der Waals surface area contributed by atoms with Crippen LogP contribution in [0.3, 0.4) is 0 Å². The number of nitrogens with zero attached hydrogens (tertiary/aromatic N) is 2. The van der Waals surface area contributed by atoms with Crippen LogP contribution in [0.1, 0.15) is 51.0 Å². The van der Waals surface area contributed by atoms with Gasteiger partial charge in [0, 0.05) is 42.2 Å². The Labute approximate surface area is 250 Å². The van der Waals surface area contributed by atoms with Gasteiger partial charge in [-0.3, -0.25) is 10.2 Å². The number of allylic oxidation sites excluding steroid dienone is 2. The maximum atomic E-state index is 12.4. The second-order valence-corrected chi connectivity index (χ2v) is 10.6. The summed E-state index contributed by atoms with van der Waals surface area (Å²) in [6.45, 7) is 5.61. The Kier molecular flexibility index (Phi) is 10.0. The van der Waals surface area contributed by atoms with Crippen molar-refractivity contribution < 1.29 is 34.1 Å². The van der Waals surface area contributed by atoms with Crippen LogP contribution in [0, 0.1) is 0 Å². The molecule has 2 aromatic rings. The molecule has 0 aliphatic carbocycles. The maximum absolute atomic E-state index is 12.4. The third kappa shape index (κ3) is 7.72. The van der Waals surface area contributed by atoms with Gasteiger partial charge in [-0.15, -0.1) is 0 Å². The summed E-state index contributed by atoms with van der Waals surface area (Å²) in [6, 6.07) is 14.0. The van der Waals surface area contributed by atoms with E-state index in [0.717, 1.165) is 31.7 Å². The van der Waals surface area contributed by atoms with E-state index in [1.165, 1.54) is 5.56 Å². The molecule has 43 heavy (non-hydrogen) atoms. The predicted molar refractivity (Wildman–Crippen MR) is 161 cm³/mol. The number of aliphatic carboxylic acids is 2. The fourth-order valence-electron chi connectivity index (χ4n) is 5.49. The van der Waals surface area contributed by atoms with E-state index in [1.54, 1.807) is 50.1 Å². The fourth-order valence-corrected chi connectivity index (χ4v) is 5.49. The highest BCUT2D eigenvalue weighted by Crippen LogP contribution is 2.35. The molecule has 3 amide bonds. The molecule has 0 bridgehead atoms. The highest BCUT2D eigenvalue weighted by atomic mass is 16.5. The molecule has 1 fully saturated rings. The Balaban J connectivity index is 1.23. The first kappa shape index (κ1) is 31.1. The molecule has 12 heteroatoms. The lowest BCUT2D eigenvalue weighted by atomic mass is 9.89. The van der Waals surface area contributed by atoms with Gasteiger partial charge >= 0.3 is 18.0 Å². The van der Waals surface area contributed by atoms with Crippen LogP contribution >= 0.6 is 0 Å². The molecule has 4 rings (SSSR count). The van der Waals surface area contributed by atoms with E-state index in [9.17, 15) is 29.4 Å². The van der Waals surface area contributed by atoms with Gasteiger partial charge in [0.05, 0.1) is 18.3 Å². The van der Waals surface area contributed by atoms with Crippen LogP contribution < -0.4 is 25.8 Å². The van der Waals surface area contributed by atoms with Gasteiger partial charge in [0.25, 0.3) is 0 Å². The molecule has 0 aromatic heterocycles. The van der Waals surface area contributed by atoms with Gasteiger partial charge in [0.1, 0.15) is 5.75 Å². The van der Waals surface area contributed by atoms with Crippen molar-refractivity contribution in [2.45, 2.75) is 45.4 Å². The van der Waals surface area contributed by atoms with Crippen LogP contribution in [0.5, 0.6) is 5.75 Å². The highest BCUT2D eigenvalue weighted by Gasteiger charge is 2.30. The Morgan fingerprint density at radius 3 is 2.12 bits per heavy atom. The zero-order valence-corrected chi connectivity index (χ0v) is 24.5. The molecule has 2 aliphatic heterocycles. The number of rotatable bonds is 9. The second-order valence-electron chi connectivity index (χ2n) is 10.6. The summed E-state index contributed by atoms with van der Waals surface area (Å²) in [5.74, 6) is -1.35. The van der Waals surface area contributed by atoms with E-state index >= 15 is 0 Å². The molecule has 2 aromatic carbocycles. The maximum Gasteiger partial charge on any atom is 0.337 e. The minimum Gasteiger partial charge on any atom is -0.497 e. The summed E-state index contributed by atoms with van der Waals surface area (Å²) < 4.78 is 5.33. The average Bonchev–Trinajstić information content (AvgIpc) is 2.99. The lowest BCUT2D eigenvalue weighted by Gasteiger charge is -2.33. The number of anilines is 2.